The van der Waals surface area contributed by atoms with Crippen molar-refractivity contribution in [3.8, 4) is 0 Å². The highest BCUT2D eigenvalue weighted by molar-refractivity contribution is 9.10. The first-order chi connectivity index (χ1) is 8.63. The third kappa shape index (κ3) is 5.29. The van der Waals surface area contributed by atoms with E-state index in [2.05, 4.69) is 31.3 Å². The smallest absolute Gasteiger partial charge is 0.251 e. The monoisotopic (exact) mass is 314 g/mol. The number of hydrogen-bond donors (Lipinski definition) is 2. The molecule has 0 aromatic heterocycles. The predicted molar refractivity (Wildman–Crippen MR) is 71.4 cm³/mol. The Morgan fingerprint density at radius 3 is 2.39 bits per heavy atom. The standard InChI is InChI=1S/C12H15BrN2O3/c1-18-8-11(16)14-6-7-15-12(17)9-2-4-10(13)5-3-9/h2-5H,6-8H2,1H3,(H,14,16)(H,15,17). The molecule has 0 atom stereocenters. The van der Waals surface area contributed by atoms with E-state index in [1.54, 1.807) is 24.3 Å². The van der Waals surface area contributed by atoms with Gasteiger partial charge in [0, 0.05) is 30.2 Å². The topological polar surface area (TPSA) is 67.4 Å². The zero-order valence-corrected chi connectivity index (χ0v) is 11.6. The van der Waals surface area contributed by atoms with Crippen LogP contribution in [-0.2, 0) is 9.53 Å². The number of methoxy groups -OCH3 is 1. The van der Waals surface area contributed by atoms with Gasteiger partial charge in [0.1, 0.15) is 6.61 Å². The SMILES string of the molecule is COCC(=O)NCCNC(=O)c1ccc(Br)cc1. The van der Waals surface area contributed by atoms with E-state index in [9.17, 15) is 9.59 Å². The van der Waals surface area contributed by atoms with Crippen molar-refractivity contribution in [3.05, 3.63) is 34.3 Å². The highest BCUT2D eigenvalue weighted by atomic mass is 79.9. The van der Waals surface area contributed by atoms with Crippen molar-refractivity contribution in [1.29, 1.82) is 0 Å². The molecule has 0 radical (unpaired) electrons. The lowest BCUT2D eigenvalue weighted by atomic mass is 10.2. The van der Waals surface area contributed by atoms with Crippen molar-refractivity contribution >= 4 is 27.7 Å². The van der Waals surface area contributed by atoms with Crippen LogP contribution in [0.15, 0.2) is 28.7 Å². The molecule has 18 heavy (non-hydrogen) atoms. The zero-order chi connectivity index (χ0) is 13.4. The average Bonchev–Trinajstić information content (AvgIpc) is 2.35. The van der Waals surface area contributed by atoms with Crippen LogP contribution in [0.2, 0.25) is 0 Å². The zero-order valence-electron chi connectivity index (χ0n) is 10.0. The molecule has 0 aliphatic heterocycles. The molecule has 98 valence electrons. The maximum atomic E-state index is 11.7. The number of rotatable bonds is 6. The summed E-state index contributed by atoms with van der Waals surface area (Å²) in [6.07, 6.45) is 0. The number of hydrogen-bond acceptors (Lipinski definition) is 3. The molecular formula is C12H15BrN2O3. The number of halogens is 1. The van der Waals surface area contributed by atoms with Crippen LogP contribution in [-0.4, -0.2) is 38.6 Å². The highest BCUT2D eigenvalue weighted by Crippen LogP contribution is 2.10. The van der Waals surface area contributed by atoms with Gasteiger partial charge in [-0.15, -0.1) is 0 Å². The van der Waals surface area contributed by atoms with Crippen LogP contribution in [0, 0.1) is 0 Å². The third-order valence-corrected chi connectivity index (χ3v) is 2.64. The maximum absolute atomic E-state index is 11.7. The summed E-state index contributed by atoms with van der Waals surface area (Å²) in [5.41, 5.74) is 0.585. The van der Waals surface area contributed by atoms with Crippen molar-refractivity contribution in [3.63, 3.8) is 0 Å². The minimum absolute atomic E-state index is 0.0284. The van der Waals surface area contributed by atoms with Gasteiger partial charge in [-0.1, -0.05) is 15.9 Å². The summed E-state index contributed by atoms with van der Waals surface area (Å²) in [7, 11) is 1.45. The second-order valence-electron chi connectivity index (χ2n) is 3.55. The molecule has 1 aromatic rings. The van der Waals surface area contributed by atoms with Crippen molar-refractivity contribution in [2.45, 2.75) is 0 Å². The van der Waals surface area contributed by atoms with Crippen LogP contribution in [0.3, 0.4) is 0 Å². The van der Waals surface area contributed by atoms with Crippen LogP contribution < -0.4 is 10.6 Å². The quantitative estimate of drug-likeness (QED) is 0.768. The third-order valence-electron chi connectivity index (χ3n) is 2.11. The Morgan fingerprint density at radius 2 is 1.78 bits per heavy atom. The van der Waals surface area contributed by atoms with E-state index in [1.165, 1.54) is 7.11 Å². The van der Waals surface area contributed by atoms with Gasteiger partial charge in [0.25, 0.3) is 5.91 Å². The lowest BCUT2D eigenvalue weighted by Gasteiger charge is -2.06. The fraction of sp³-hybridized carbons (Fsp3) is 0.333. The summed E-state index contributed by atoms with van der Waals surface area (Å²) < 4.78 is 5.58. The van der Waals surface area contributed by atoms with Gasteiger partial charge >= 0.3 is 0 Å². The number of ether oxygens (including phenoxy) is 1. The van der Waals surface area contributed by atoms with Gasteiger partial charge in [0.15, 0.2) is 0 Å². The van der Waals surface area contributed by atoms with Crippen LogP contribution in [0.5, 0.6) is 0 Å². The first-order valence-corrected chi connectivity index (χ1v) is 6.22. The average molecular weight is 315 g/mol. The summed E-state index contributed by atoms with van der Waals surface area (Å²) in [4.78, 5) is 22.7. The number of nitrogens with one attached hydrogen (secondary N) is 2. The van der Waals surface area contributed by atoms with E-state index in [0.717, 1.165) is 4.47 Å². The Balaban J connectivity index is 2.25. The Bertz CT molecular complexity index is 406. The largest absolute Gasteiger partial charge is 0.375 e. The van der Waals surface area contributed by atoms with Crippen LogP contribution in [0.4, 0.5) is 0 Å². The first-order valence-electron chi connectivity index (χ1n) is 5.43. The minimum atomic E-state index is -0.199. The minimum Gasteiger partial charge on any atom is -0.375 e. The number of carbonyl (C=O) groups is 2. The van der Waals surface area contributed by atoms with Gasteiger partial charge in [-0.2, -0.15) is 0 Å². The summed E-state index contributed by atoms with van der Waals surface area (Å²) in [6, 6.07) is 7.05. The first kappa shape index (κ1) is 14.7. The molecular weight excluding hydrogens is 300 g/mol. The predicted octanol–water partition coefficient (Wildman–Crippen LogP) is 0.942. The molecule has 0 spiro atoms. The van der Waals surface area contributed by atoms with Crippen LogP contribution in [0.25, 0.3) is 0 Å². The Morgan fingerprint density at radius 1 is 1.17 bits per heavy atom. The Labute approximate surface area is 114 Å². The van der Waals surface area contributed by atoms with Gasteiger partial charge in [0.05, 0.1) is 0 Å². The normalized spacial score (nSPS) is 9.89. The van der Waals surface area contributed by atoms with Crippen molar-refractivity contribution in [1.82, 2.24) is 10.6 Å². The molecule has 2 amide bonds. The molecule has 0 bridgehead atoms. The molecule has 0 saturated heterocycles. The van der Waals surface area contributed by atoms with Crippen LogP contribution in [0.1, 0.15) is 10.4 Å². The van der Waals surface area contributed by atoms with Gasteiger partial charge in [-0.3, -0.25) is 9.59 Å². The fourth-order valence-electron chi connectivity index (χ4n) is 1.26. The van der Waals surface area contributed by atoms with E-state index < -0.39 is 0 Å². The van der Waals surface area contributed by atoms with Crippen LogP contribution >= 0.6 is 15.9 Å². The fourth-order valence-corrected chi connectivity index (χ4v) is 1.53. The van der Waals surface area contributed by atoms with E-state index in [1.807, 2.05) is 0 Å². The second kappa shape index (κ2) is 7.84. The van der Waals surface area contributed by atoms with Gasteiger partial charge < -0.3 is 15.4 Å². The van der Waals surface area contributed by atoms with Crippen molar-refractivity contribution < 1.29 is 14.3 Å². The molecule has 1 rings (SSSR count). The summed E-state index contributed by atoms with van der Waals surface area (Å²) in [5, 5.41) is 5.32. The molecule has 5 nitrogen and oxygen atoms in total. The Kier molecular flexibility index (Phi) is 6.38. The maximum Gasteiger partial charge on any atom is 0.251 e. The molecule has 0 saturated carbocycles. The number of carbonyl (C=O) groups excluding carboxylic acids is 2. The molecule has 6 heteroatoms. The molecule has 0 unspecified atom stereocenters. The Hall–Kier alpha value is -1.40. The molecule has 0 heterocycles. The summed E-state index contributed by atoms with van der Waals surface area (Å²) >= 11 is 3.30. The number of benzene rings is 1. The highest BCUT2D eigenvalue weighted by Gasteiger charge is 2.04. The summed E-state index contributed by atoms with van der Waals surface area (Å²) in [6.45, 7) is 0.787. The van der Waals surface area contributed by atoms with E-state index >= 15 is 0 Å². The van der Waals surface area contributed by atoms with Crippen molar-refractivity contribution in [2.75, 3.05) is 26.8 Å². The van der Waals surface area contributed by atoms with Gasteiger partial charge in [-0.05, 0) is 24.3 Å². The lowest BCUT2D eigenvalue weighted by molar-refractivity contribution is -0.124. The molecule has 0 aliphatic rings. The number of amides is 2. The lowest BCUT2D eigenvalue weighted by Crippen LogP contribution is -2.36. The molecule has 0 fully saturated rings. The van der Waals surface area contributed by atoms with Crippen molar-refractivity contribution in [2.24, 2.45) is 0 Å². The van der Waals surface area contributed by atoms with Gasteiger partial charge in [0.2, 0.25) is 5.91 Å². The van der Waals surface area contributed by atoms with E-state index in [4.69, 9.17) is 0 Å². The summed E-state index contributed by atoms with van der Waals surface area (Å²) in [5.74, 6) is -0.362. The molecule has 0 aliphatic carbocycles. The second-order valence-corrected chi connectivity index (χ2v) is 4.46. The molecule has 2 N–H and O–H groups in total. The van der Waals surface area contributed by atoms with E-state index in [0.29, 0.717) is 18.7 Å². The molecule has 1 aromatic carbocycles. The van der Waals surface area contributed by atoms with Gasteiger partial charge in [-0.25, -0.2) is 0 Å². The van der Waals surface area contributed by atoms with E-state index in [-0.39, 0.29) is 18.4 Å².